The number of ether oxygens (including phenoxy) is 1. The van der Waals surface area contributed by atoms with Crippen molar-refractivity contribution in [3.05, 3.63) is 0 Å². The first kappa shape index (κ1) is 10.4. The Bertz CT molecular complexity index is 210. The SMILES string of the molecule is COC(=O)CN(CC#N)CC#N. The average Bonchev–Trinajstić information content (AvgIpc) is 2.05. The summed E-state index contributed by atoms with van der Waals surface area (Å²) in [6.07, 6.45) is 0. The summed E-state index contributed by atoms with van der Waals surface area (Å²) in [5.74, 6) is -0.444. The quantitative estimate of drug-likeness (QED) is 0.417. The normalized spacial score (nSPS) is 8.67. The van der Waals surface area contributed by atoms with Crippen LogP contribution in [0.25, 0.3) is 0 Å². The smallest absolute Gasteiger partial charge is 0.319 e. The van der Waals surface area contributed by atoms with E-state index in [1.54, 1.807) is 0 Å². The van der Waals surface area contributed by atoms with Crippen LogP contribution in [0.4, 0.5) is 0 Å². The summed E-state index contributed by atoms with van der Waals surface area (Å²) < 4.78 is 4.37. The molecule has 0 saturated carbocycles. The van der Waals surface area contributed by atoms with Crippen molar-refractivity contribution in [1.82, 2.24) is 4.90 Å². The molecule has 0 aliphatic rings. The van der Waals surface area contributed by atoms with E-state index in [1.165, 1.54) is 12.0 Å². The zero-order valence-electron chi connectivity index (χ0n) is 6.78. The fraction of sp³-hybridized carbons (Fsp3) is 0.571. The molecule has 0 saturated heterocycles. The van der Waals surface area contributed by atoms with Crippen molar-refractivity contribution < 1.29 is 9.53 Å². The molecule has 0 radical (unpaired) electrons. The first-order chi connectivity index (χ1) is 5.74. The maximum absolute atomic E-state index is 10.7. The minimum absolute atomic E-state index is 0.0162. The second kappa shape index (κ2) is 6.14. The fourth-order valence-corrected chi connectivity index (χ4v) is 0.615. The van der Waals surface area contributed by atoms with Crippen molar-refractivity contribution >= 4 is 5.97 Å². The van der Waals surface area contributed by atoms with Gasteiger partial charge in [0.1, 0.15) is 0 Å². The van der Waals surface area contributed by atoms with Crippen molar-refractivity contribution in [3.63, 3.8) is 0 Å². The van der Waals surface area contributed by atoms with Crippen molar-refractivity contribution in [2.24, 2.45) is 0 Å². The molecule has 0 aliphatic heterocycles. The molecule has 12 heavy (non-hydrogen) atoms. The van der Waals surface area contributed by atoms with Gasteiger partial charge >= 0.3 is 5.97 Å². The molecule has 0 amide bonds. The largest absolute Gasteiger partial charge is 0.468 e. The van der Waals surface area contributed by atoms with Crippen molar-refractivity contribution in [1.29, 1.82) is 10.5 Å². The summed E-state index contributed by atoms with van der Waals surface area (Å²) in [6, 6.07) is 3.70. The van der Waals surface area contributed by atoms with E-state index >= 15 is 0 Å². The zero-order chi connectivity index (χ0) is 9.40. The summed E-state index contributed by atoms with van der Waals surface area (Å²) in [5, 5.41) is 16.6. The molecule has 5 heteroatoms. The molecule has 0 spiro atoms. The van der Waals surface area contributed by atoms with Gasteiger partial charge in [0, 0.05) is 0 Å². The van der Waals surface area contributed by atoms with Gasteiger partial charge in [-0.2, -0.15) is 10.5 Å². The molecule has 0 aliphatic carbocycles. The Morgan fingerprint density at radius 2 is 1.92 bits per heavy atom. The van der Waals surface area contributed by atoms with Gasteiger partial charge < -0.3 is 4.74 Å². The lowest BCUT2D eigenvalue weighted by Gasteiger charge is -2.12. The minimum Gasteiger partial charge on any atom is -0.468 e. The van der Waals surface area contributed by atoms with Gasteiger partial charge in [0.25, 0.3) is 0 Å². The lowest BCUT2D eigenvalue weighted by Crippen LogP contribution is -2.31. The molecule has 0 bridgehead atoms. The van der Waals surface area contributed by atoms with Gasteiger partial charge in [-0.1, -0.05) is 0 Å². The molecule has 0 aromatic rings. The van der Waals surface area contributed by atoms with Crippen LogP contribution in [0.5, 0.6) is 0 Å². The molecule has 0 rings (SSSR count). The molecule has 0 fully saturated rings. The van der Waals surface area contributed by atoms with Gasteiger partial charge in [-0.05, 0) is 0 Å². The van der Waals surface area contributed by atoms with Crippen molar-refractivity contribution in [3.8, 4) is 12.1 Å². The highest BCUT2D eigenvalue weighted by Crippen LogP contribution is 1.87. The maximum Gasteiger partial charge on any atom is 0.319 e. The molecular formula is C7H9N3O2. The molecule has 0 unspecified atom stereocenters. The van der Waals surface area contributed by atoms with E-state index in [0.717, 1.165) is 0 Å². The monoisotopic (exact) mass is 167 g/mol. The Morgan fingerprint density at radius 3 is 2.25 bits per heavy atom. The number of carbonyl (C=O) groups excluding carboxylic acids is 1. The van der Waals surface area contributed by atoms with Crippen LogP contribution >= 0.6 is 0 Å². The summed E-state index contributed by atoms with van der Waals surface area (Å²) in [4.78, 5) is 12.1. The second-order valence-electron chi connectivity index (χ2n) is 2.04. The van der Waals surface area contributed by atoms with Crippen LogP contribution in [0.2, 0.25) is 0 Å². The van der Waals surface area contributed by atoms with E-state index in [-0.39, 0.29) is 19.6 Å². The Morgan fingerprint density at radius 1 is 1.42 bits per heavy atom. The Kier molecular flexibility index (Phi) is 5.33. The van der Waals surface area contributed by atoms with Crippen LogP contribution in [-0.2, 0) is 9.53 Å². The van der Waals surface area contributed by atoms with E-state index in [4.69, 9.17) is 10.5 Å². The first-order valence-electron chi connectivity index (χ1n) is 3.27. The lowest BCUT2D eigenvalue weighted by molar-refractivity contribution is -0.141. The van der Waals surface area contributed by atoms with E-state index in [2.05, 4.69) is 4.74 Å². The van der Waals surface area contributed by atoms with Crippen molar-refractivity contribution in [2.45, 2.75) is 0 Å². The zero-order valence-corrected chi connectivity index (χ0v) is 6.78. The van der Waals surface area contributed by atoms with E-state index in [0.29, 0.717) is 0 Å². The number of rotatable bonds is 4. The van der Waals surface area contributed by atoms with Gasteiger partial charge in [0.05, 0.1) is 38.9 Å². The highest BCUT2D eigenvalue weighted by atomic mass is 16.5. The van der Waals surface area contributed by atoms with Crippen LogP contribution in [0.3, 0.4) is 0 Å². The number of esters is 1. The molecule has 0 aromatic carbocycles. The third kappa shape index (κ3) is 4.26. The van der Waals surface area contributed by atoms with Gasteiger partial charge in [-0.15, -0.1) is 0 Å². The molecule has 0 N–H and O–H groups in total. The Labute approximate surface area is 70.7 Å². The number of hydrogen-bond donors (Lipinski definition) is 0. The third-order valence-corrected chi connectivity index (χ3v) is 1.17. The number of nitriles is 2. The average molecular weight is 167 g/mol. The first-order valence-corrected chi connectivity index (χ1v) is 3.27. The molecular weight excluding hydrogens is 158 g/mol. The summed E-state index contributed by atoms with van der Waals surface area (Å²) in [7, 11) is 1.26. The van der Waals surface area contributed by atoms with Crippen LogP contribution in [-0.4, -0.2) is 37.6 Å². The highest BCUT2D eigenvalue weighted by Gasteiger charge is 2.08. The number of carbonyl (C=O) groups is 1. The third-order valence-electron chi connectivity index (χ3n) is 1.17. The van der Waals surface area contributed by atoms with Crippen molar-refractivity contribution in [2.75, 3.05) is 26.7 Å². The molecule has 0 aromatic heterocycles. The number of nitrogens with zero attached hydrogens (tertiary/aromatic N) is 3. The minimum atomic E-state index is -0.444. The van der Waals surface area contributed by atoms with Gasteiger partial charge in [-0.25, -0.2) is 0 Å². The van der Waals surface area contributed by atoms with Gasteiger partial charge in [-0.3, -0.25) is 9.69 Å². The standard InChI is InChI=1S/C7H9N3O2/c1-12-7(11)6-10(4-2-8)5-3-9/h4-6H2,1H3. The molecule has 0 heterocycles. The van der Waals surface area contributed by atoms with Crippen LogP contribution in [0, 0.1) is 22.7 Å². The van der Waals surface area contributed by atoms with Crippen LogP contribution < -0.4 is 0 Å². The predicted octanol–water partition coefficient (Wildman–Crippen LogP) is -0.491. The van der Waals surface area contributed by atoms with Crippen LogP contribution in [0.1, 0.15) is 0 Å². The van der Waals surface area contributed by atoms with E-state index < -0.39 is 5.97 Å². The fourth-order valence-electron chi connectivity index (χ4n) is 0.615. The number of hydrogen-bond acceptors (Lipinski definition) is 5. The summed E-state index contributed by atoms with van der Waals surface area (Å²) >= 11 is 0. The topological polar surface area (TPSA) is 77.1 Å². The Hall–Kier alpha value is -1.59. The Balaban J connectivity index is 3.89. The molecule has 0 atom stereocenters. The maximum atomic E-state index is 10.7. The predicted molar refractivity (Wildman–Crippen MR) is 39.7 cm³/mol. The highest BCUT2D eigenvalue weighted by molar-refractivity contribution is 5.71. The lowest BCUT2D eigenvalue weighted by atomic mass is 10.4. The summed E-state index contributed by atoms with van der Waals surface area (Å²) in [6.45, 7) is 0.100. The van der Waals surface area contributed by atoms with Gasteiger partial charge in [0.15, 0.2) is 0 Å². The summed E-state index contributed by atoms with van der Waals surface area (Å²) in [5.41, 5.74) is 0. The van der Waals surface area contributed by atoms with Gasteiger partial charge in [0.2, 0.25) is 0 Å². The van der Waals surface area contributed by atoms with Crippen LogP contribution in [0.15, 0.2) is 0 Å². The van der Waals surface area contributed by atoms with E-state index in [1.807, 2.05) is 12.1 Å². The molecule has 5 nitrogen and oxygen atoms in total. The van der Waals surface area contributed by atoms with E-state index in [9.17, 15) is 4.79 Å². The molecule has 64 valence electrons. The second-order valence-corrected chi connectivity index (χ2v) is 2.04. The number of methoxy groups -OCH3 is 1.